The van der Waals surface area contributed by atoms with Crippen molar-refractivity contribution in [1.82, 2.24) is 14.9 Å². The van der Waals surface area contributed by atoms with Crippen LogP contribution in [0.2, 0.25) is 0 Å². The summed E-state index contributed by atoms with van der Waals surface area (Å²) < 4.78 is 0. The summed E-state index contributed by atoms with van der Waals surface area (Å²) in [7, 11) is 0. The van der Waals surface area contributed by atoms with E-state index in [1.54, 1.807) is 24.5 Å². The molecule has 2 N–H and O–H groups in total. The Kier molecular flexibility index (Phi) is 5.44. The van der Waals surface area contributed by atoms with E-state index < -0.39 is 5.91 Å². The van der Waals surface area contributed by atoms with Crippen molar-refractivity contribution in [2.75, 3.05) is 13.1 Å². The average Bonchev–Trinajstić information content (AvgIpc) is 2.75. The van der Waals surface area contributed by atoms with Crippen LogP contribution in [0.25, 0.3) is 11.3 Å². The summed E-state index contributed by atoms with van der Waals surface area (Å²) in [5.41, 5.74) is 10.0. The Balaban J connectivity index is 1.59. The molecule has 1 amide bonds. The first kappa shape index (κ1) is 18.3. The predicted octanol–water partition coefficient (Wildman–Crippen LogP) is 3.62. The Labute approximate surface area is 165 Å². The largest absolute Gasteiger partial charge is 0.366 e. The van der Waals surface area contributed by atoms with Crippen molar-refractivity contribution in [2.45, 2.75) is 25.3 Å². The van der Waals surface area contributed by atoms with Crippen LogP contribution >= 0.6 is 0 Å². The molecule has 1 fully saturated rings. The molecule has 1 atom stereocenters. The van der Waals surface area contributed by atoms with E-state index in [-0.39, 0.29) is 0 Å². The predicted molar refractivity (Wildman–Crippen MR) is 110 cm³/mol. The number of aromatic nitrogens is 2. The quantitative estimate of drug-likeness (QED) is 0.742. The molecule has 0 unspecified atom stereocenters. The van der Waals surface area contributed by atoms with Gasteiger partial charge in [-0.1, -0.05) is 42.5 Å². The molecule has 0 aliphatic carbocycles. The van der Waals surface area contributed by atoms with E-state index in [1.165, 1.54) is 5.56 Å². The van der Waals surface area contributed by atoms with Gasteiger partial charge in [-0.2, -0.15) is 0 Å². The number of piperidine rings is 1. The van der Waals surface area contributed by atoms with E-state index in [9.17, 15) is 4.79 Å². The molecular weight excluding hydrogens is 348 g/mol. The van der Waals surface area contributed by atoms with E-state index in [2.05, 4.69) is 45.2 Å². The molecular formula is C23H24N4O. The van der Waals surface area contributed by atoms with Crippen LogP contribution in [0.15, 0.2) is 67.0 Å². The molecule has 4 rings (SSSR count). The minimum absolute atomic E-state index is 0.318. The van der Waals surface area contributed by atoms with Gasteiger partial charge in [0.1, 0.15) is 0 Å². The number of hydrogen-bond acceptors (Lipinski definition) is 4. The highest BCUT2D eigenvalue weighted by atomic mass is 16.1. The Morgan fingerprint density at radius 1 is 1.07 bits per heavy atom. The first-order valence-corrected chi connectivity index (χ1v) is 9.68. The highest BCUT2D eigenvalue weighted by Crippen LogP contribution is 2.32. The molecule has 28 heavy (non-hydrogen) atoms. The third kappa shape index (κ3) is 4.10. The summed E-state index contributed by atoms with van der Waals surface area (Å²) >= 11 is 0. The Morgan fingerprint density at radius 2 is 1.89 bits per heavy atom. The topological polar surface area (TPSA) is 72.1 Å². The van der Waals surface area contributed by atoms with Crippen LogP contribution in [-0.2, 0) is 6.54 Å². The van der Waals surface area contributed by atoms with Crippen molar-refractivity contribution in [3.8, 4) is 11.3 Å². The summed E-state index contributed by atoms with van der Waals surface area (Å²) in [6.45, 7) is 3.00. The van der Waals surface area contributed by atoms with Crippen LogP contribution in [0.3, 0.4) is 0 Å². The Morgan fingerprint density at radius 3 is 2.71 bits per heavy atom. The fourth-order valence-corrected chi connectivity index (χ4v) is 3.95. The molecule has 0 spiro atoms. The van der Waals surface area contributed by atoms with E-state index in [4.69, 9.17) is 5.73 Å². The minimum atomic E-state index is -0.431. The highest BCUT2D eigenvalue weighted by Gasteiger charge is 2.25. The van der Waals surface area contributed by atoms with Crippen LogP contribution in [-0.4, -0.2) is 33.9 Å². The number of likely N-dealkylation sites (tertiary alicyclic amines) is 1. The molecule has 3 aromatic rings. The summed E-state index contributed by atoms with van der Waals surface area (Å²) in [6.07, 6.45) is 5.69. The third-order valence-electron chi connectivity index (χ3n) is 5.29. The van der Waals surface area contributed by atoms with Gasteiger partial charge in [-0.3, -0.25) is 19.7 Å². The van der Waals surface area contributed by atoms with Crippen molar-refractivity contribution in [3.05, 3.63) is 83.8 Å². The average molecular weight is 372 g/mol. The molecule has 1 saturated heterocycles. The fraction of sp³-hybridized carbons (Fsp3) is 0.261. The minimum Gasteiger partial charge on any atom is -0.366 e. The number of benzene rings is 2. The van der Waals surface area contributed by atoms with Crippen molar-refractivity contribution >= 4 is 5.91 Å². The van der Waals surface area contributed by atoms with Gasteiger partial charge < -0.3 is 5.73 Å². The number of amides is 1. The maximum absolute atomic E-state index is 11.6. The normalized spacial score (nSPS) is 17.4. The van der Waals surface area contributed by atoms with E-state index >= 15 is 0 Å². The van der Waals surface area contributed by atoms with Gasteiger partial charge in [-0.05, 0) is 37.1 Å². The number of nitrogens with two attached hydrogens (primary N) is 1. The van der Waals surface area contributed by atoms with Crippen LogP contribution in [0.1, 0.15) is 40.4 Å². The lowest BCUT2D eigenvalue weighted by Crippen LogP contribution is -2.34. The molecule has 0 saturated carbocycles. The van der Waals surface area contributed by atoms with E-state index in [0.29, 0.717) is 11.5 Å². The van der Waals surface area contributed by atoms with E-state index in [0.717, 1.165) is 49.4 Å². The van der Waals surface area contributed by atoms with Crippen LogP contribution < -0.4 is 5.73 Å². The second kappa shape index (κ2) is 8.31. The van der Waals surface area contributed by atoms with Crippen molar-refractivity contribution in [3.63, 3.8) is 0 Å². The lowest BCUT2D eigenvalue weighted by atomic mass is 9.91. The zero-order chi connectivity index (χ0) is 19.3. The molecule has 2 heterocycles. The first-order chi connectivity index (χ1) is 13.7. The number of carbonyl (C=O) groups is 1. The number of primary amides is 1. The molecule has 5 nitrogen and oxygen atoms in total. The highest BCUT2D eigenvalue weighted by molar-refractivity contribution is 5.94. The zero-order valence-corrected chi connectivity index (χ0v) is 15.8. The second-order valence-electron chi connectivity index (χ2n) is 7.30. The number of nitrogens with zero attached hydrogens (tertiary/aromatic N) is 3. The summed E-state index contributed by atoms with van der Waals surface area (Å²) in [4.78, 5) is 23.3. The number of carbonyl (C=O) groups excluding carboxylic acids is 1. The SMILES string of the molecule is NC(=O)c1cccc(-c2nccnc2[C@@H]2CCCN(Cc3ccccc3)C2)c1. The molecule has 1 aromatic heterocycles. The van der Waals surface area contributed by atoms with Gasteiger partial charge in [0.2, 0.25) is 5.91 Å². The van der Waals surface area contributed by atoms with Gasteiger partial charge in [0.05, 0.1) is 11.4 Å². The molecule has 0 bridgehead atoms. The molecule has 1 aliphatic heterocycles. The van der Waals surface area contributed by atoms with Gasteiger partial charge in [-0.15, -0.1) is 0 Å². The van der Waals surface area contributed by atoms with Crippen molar-refractivity contribution in [1.29, 1.82) is 0 Å². The molecule has 2 aromatic carbocycles. The van der Waals surface area contributed by atoms with Crippen LogP contribution in [0, 0.1) is 0 Å². The smallest absolute Gasteiger partial charge is 0.248 e. The van der Waals surface area contributed by atoms with Gasteiger partial charge in [-0.25, -0.2) is 0 Å². The number of rotatable bonds is 5. The lowest BCUT2D eigenvalue weighted by Gasteiger charge is -2.33. The molecule has 0 radical (unpaired) electrons. The molecule has 5 heteroatoms. The fourth-order valence-electron chi connectivity index (χ4n) is 3.95. The summed E-state index contributed by atoms with van der Waals surface area (Å²) in [5.74, 6) is -0.114. The first-order valence-electron chi connectivity index (χ1n) is 9.68. The summed E-state index contributed by atoms with van der Waals surface area (Å²) in [5, 5.41) is 0. The maximum atomic E-state index is 11.6. The molecule has 142 valence electrons. The van der Waals surface area contributed by atoms with Crippen molar-refractivity contribution in [2.24, 2.45) is 5.73 Å². The van der Waals surface area contributed by atoms with Gasteiger partial charge in [0.25, 0.3) is 0 Å². The van der Waals surface area contributed by atoms with E-state index in [1.807, 2.05) is 12.1 Å². The lowest BCUT2D eigenvalue weighted by molar-refractivity contribution is 0.100. The number of hydrogen-bond donors (Lipinski definition) is 1. The van der Waals surface area contributed by atoms with Gasteiger partial charge >= 0.3 is 0 Å². The Bertz CT molecular complexity index is 958. The van der Waals surface area contributed by atoms with Crippen LogP contribution in [0.5, 0.6) is 0 Å². The zero-order valence-electron chi connectivity index (χ0n) is 15.8. The van der Waals surface area contributed by atoms with Crippen LogP contribution in [0.4, 0.5) is 0 Å². The molecule has 1 aliphatic rings. The standard InChI is InChI=1S/C23H24N4O/c24-23(28)19-9-4-8-18(14-19)21-22(26-12-11-25-21)20-10-5-13-27(16-20)15-17-6-2-1-3-7-17/h1-4,6-9,11-12,14,20H,5,10,13,15-16H2,(H2,24,28)/t20-/m1/s1. The monoisotopic (exact) mass is 372 g/mol. The third-order valence-corrected chi connectivity index (χ3v) is 5.29. The summed E-state index contributed by atoms with van der Waals surface area (Å²) in [6, 6.07) is 17.9. The maximum Gasteiger partial charge on any atom is 0.248 e. The van der Waals surface area contributed by atoms with Crippen molar-refractivity contribution < 1.29 is 4.79 Å². The second-order valence-corrected chi connectivity index (χ2v) is 7.30. The Hall–Kier alpha value is -3.05. The van der Waals surface area contributed by atoms with Gasteiger partial charge in [0.15, 0.2) is 0 Å². The van der Waals surface area contributed by atoms with Gasteiger partial charge in [0, 0.05) is 42.5 Å².